The summed E-state index contributed by atoms with van der Waals surface area (Å²) in [5, 5.41) is 21.4. The van der Waals surface area contributed by atoms with Crippen LogP contribution in [0.4, 0.5) is 4.79 Å². The third-order valence-electron chi connectivity index (χ3n) is 4.56. The molecule has 2 aliphatic heterocycles. The quantitative estimate of drug-likeness (QED) is 0.777. The maximum atomic E-state index is 12.4. The maximum absolute atomic E-state index is 12.4. The number of amides is 2. The van der Waals surface area contributed by atoms with Crippen LogP contribution in [0.3, 0.4) is 0 Å². The summed E-state index contributed by atoms with van der Waals surface area (Å²) in [5.74, 6) is 0. The highest BCUT2D eigenvalue weighted by atomic mass is 16.5. The molecular weight excluding hydrogens is 326 g/mol. The molecular formula is C16H27N5O4. The lowest BCUT2D eigenvalue weighted by Crippen LogP contribution is -2.54. The van der Waals surface area contributed by atoms with E-state index in [2.05, 4.69) is 36.4 Å². The third-order valence-corrected chi connectivity index (χ3v) is 4.56. The van der Waals surface area contributed by atoms with Gasteiger partial charge in [-0.05, 0) is 0 Å². The van der Waals surface area contributed by atoms with E-state index in [9.17, 15) is 9.90 Å². The molecule has 3 heterocycles. The van der Waals surface area contributed by atoms with Crippen LogP contribution < -0.4 is 5.32 Å². The van der Waals surface area contributed by atoms with E-state index in [0.29, 0.717) is 32.8 Å². The van der Waals surface area contributed by atoms with Gasteiger partial charge in [0.1, 0.15) is 12.2 Å². The standard InChI is InChI=1S/C16H27N5O4/c1-16(2,3)13-9-21(19-18-13)8-12-14(11(22)10-25-12)17-15(23)20-4-6-24-7-5-20/h9,11-12,14,22H,4-8,10H2,1-3H3,(H,17,23)/t11-,12+,14+/m0/s1. The molecule has 25 heavy (non-hydrogen) atoms. The van der Waals surface area contributed by atoms with Crippen molar-refractivity contribution in [1.82, 2.24) is 25.2 Å². The molecule has 9 heteroatoms. The number of nitrogens with zero attached hydrogens (tertiary/aromatic N) is 4. The number of carbonyl (C=O) groups excluding carboxylic acids is 1. The lowest BCUT2D eigenvalue weighted by Gasteiger charge is -2.30. The molecule has 2 aliphatic rings. The predicted octanol–water partition coefficient (Wildman–Crippen LogP) is -0.254. The van der Waals surface area contributed by atoms with E-state index >= 15 is 0 Å². The van der Waals surface area contributed by atoms with Gasteiger partial charge in [0.2, 0.25) is 0 Å². The summed E-state index contributed by atoms with van der Waals surface area (Å²) in [6.45, 7) is 9.02. The number of carbonyl (C=O) groups is 1. The fourth-order valence-electron chi connectivity index (χ4n) is 2.95. The zero-order valence-electron chi connectivity index (χ0n) is 15.0. The minimum atomic E-state index is -0.736. The Labute approximate surface area is 147 Å². The number of aliphatic hydroxyl groups excluding tert-OH is 1. The molecule has 2 fully saturated rings. The van der Waals surface area contributed by atoms with Crippen LogP contribution in [0.15, 0.2) is 6.20 Å². The number of hydrogen-bond donors (Lipinski definition) is 2. The van der Waals surface area contributed by atoms with Gasteiger partial charge in [-0.15, -0.1) is 5.10 Å². The topological polar surface area (TPSA) is 102 Å². The molecule has 2 amide bonds. The van der Waals surface area contributed by atoms with Gasteiger partial charge in [0.05, 0.1) is 38.1 Å². The second-order valence-electron chi connectivity index (χ2n) is 7.59. The van der Waals surface area contributed by atoms with Crippen molar-refractivity contribution >= 4 is 6.03 Å². The molecule has 0 saturated carbocycles. The first-order valence-corrected chi connectivity index (χ1v) is 8.68. The Bertz CT molecular complexity index is 594. The summed E-state index contributed by atoms with van der Waals surface area (Å²) in [7, 11) is 0. The van der Waals surface area contributed by atoms with E-state index in [4.69, 9.17) is 9.47 Å². The minimum Gasteiger partial charge on any atom is -0.388 e. The van der Waals surface area contributed by atoms with Gasteiger partial charge in [-0.1, -0.05) is 26.0 Å². The minimum absolute atomic E-state index is 0.0851. The van der Waals surface area contributed by atoms with Crippen molar-refractivity contribution in [3.05, 3.63) is 11.9 Å². The molecule has 0 radical (unpaired) electrons. The van der Waals surface area contributed by atoms with E-state index in [0.717, 1.165) is 5.69 Å². The number of morpholine rings is 1. The monoisotopic (exact) mass is 353 g/mol. The largest absolute Gasteiger partial charge is 0.388 e. The van der Waals surface area contributed by atoms with E-state index in [1.54, 1.807) is 9.58 Å². The van der Waals surface area contributed by atoms with Gasteiger partial charge in [0.25, 0.3) is 0 Å². The summed E-state index contributed by atoms with van der Waals surface area (Å²) in [4.78, 5) is 14.1. The second-order valence-corrected chi connectivity index (χ2v) is 7.59. The molecule has 2 saturated heterocycles. The van der Waals surface area contributed by atoms with Gasteiger partial charge in [0.15, 0.2) is 0 Å². The van der Waals surface area contributed by atoms with Gasteiger partial charge in [0, 0.05) is 24.7 Å². The normalized spacial score (nSPS) is 27.5. The van der Waals surface area contributed by atoms with Crippen LogP contribution in [-0.2, 0) is 21.4 Å². The number of aliphatic hydroxyl groups is 1. The van der Waals surface area contributed by atoms with Crippen molar-refractivity contribution in [1.29, 1.82) is 0 Å². The Morgan fingerprint density at radius 2 is 2.12 bits per heavy atom. The van der Waals surface area contributed by atoms with Crippen molar-refractivity contribution in [2.45, 2.75) is 51.0 Å². The molecule has 3 rings (SSSR count). The highest BCUT2D eigenvalue weighted by molar-refractivity contribution is 5.74. The molecule has 9 nitrogen and oxygen atoms in total. The second kappa shape index (κ2) is 7.27. The molecule has 0 aromatic carbocycles. The van der Waals surface area contributed by atoms with Gasteiger partial charge >= 0.3 is 6.03 Å². The number of aromatic nitrogens is 3. The predicted molar refractivity (Wildman–Crippen MR) is 89.2 cm³/mol. The third kappa shape index (κ3) is 4.28. The molecule has 0 bridgehead atoms. The summed E-state index contributed by atoms with van der Waals surface area (Å²) in [6, 6.07) is -0.672. The summed E-state index contributed by atoms with van der Waals surface area (Å²) >= 11 is 0. The van der Waals surface area contributed by atoms with Crippen LogP contribution in [0.2, 0.25) is 0 Å². The number of rotatable bonds is 3. The first kappa shape index (κ1) is 18.1. The average Bonchev–Trinajstić information content (AvgIpc) is 3.17. The zero-order valence-corrected chi connectivity index (χ0v) is 15.0. The lowest BCUT2D eigenvalue weighted by atomic mass is 9.93. The summed E-state index contributed by atoms with van der Waals surface area (Å²) in [5.41, 5.74) is 0.804. The number of urea groups is 1. The Morgan fingerprint density at radius 3 is 2.76 bits per heavy atom. The highest BCUT2D eigenvalue weighted by Crippen LogP contribution is 2.21. The fourth-order valence-corrected chi connectivity index (χ4v) is 2.95. The molecule has 2 N–H and O–H groups in total. The van der Waals surface area contributed by atoms with Crippen LogP contribution in [0.25, 0.3) is 0 Å². The van der Waals surface area contributed by atoms with Crippen molar-refractivity contribution in [2.75, 3.05) is 32.9 Å². The van der Waals surface area contributed by atoms with Crippen molar-refractivity contribution in [2.24, 2.45) is 0 Å². The van der Waals surface area contributed by atoms with Crippen molar-refractivity contribution in [3.63, 3.8) is 0 Å². The van der Waals surface area contributed by atoms with Crippen LogP contribution in [0.1, 0.15) is 26.5 Å². The molecule has 3 atom stereocenters. The molecule has 0 unspecified atom stereocenters. The summed E-state index contributed by atoms with van der Waals surface area (Å²) in [6.07, 6.45) is 0.796. The Balaban J connectivity index is 1.62. The van der Waals surface area contributed by atoms with Gasteiger partial charge in [-0.3, -0.25) is 0 Å². The maximum Gasteiger partial charge on any atom is 0.317 e. The fraction of sp³-hybridized carbons (Fsp3) is 0.812. The molecule has 0 aliphatic carbocycles. The van der Waals surface area contributed by atoms with Gasteiger partial charge < -0.3 is 24.8 Å². The smallest absolute Gasteiger partial charge is 0.317 e. The van der Waals surface area contributed by atoms with Crippen molar-refractivity contribution in [3.8, 4) is 0 Å². The van der Waals surface area contributed by atoms with E-state index < -0.39 is 12.1 Å². The van der Waals surface area contributed by atoms with Crippen LogP contribution in [0, 0.1) is 0 Å². The number of nitrogens with one attached hydrogen (secondary N) is 1. The molecule has 140 valence electrons. The highest BCUT2D eigenvalue weighted by Gasteiger charge is 2.38. The Morgan fingerprint density at radius 1 is 1.40 bits per heavy atom. The van der Waals surface area contributed by atoms with E-state index in [1.807, 2.05) is 6.20 Å². The summed E-state index contributed by atoms with van der Waals surface area (Å²) < 4.78 is 12.6. The Kier molecular flexibility index (Phi) is 5.26. The van der Waals surface area contributed by atoms with E-state index in [1.165, 1.54) is 0 Å². The lowest BCUT2D eigenvalue weighted by molar-refractivity contribution is 0.0489. The molecule has 1 aromatic rings. The molecule has 0 spiro atoms. The Hall–Kier alpha value is -1.71. The van der Waals surface area contributed by atoms with Gasteiger partial charge in [-0.2, -0.15) is 0 Å². The molecule has 1 aromatic heterocycles. The average molecular weight is 353 g/mol. The van der Waals surface area contributed by atoms with Crippen LogP contribution in [0.5, 0.6) is 0 Å². The van der Waals surface area contributed by atoms with Crippen molar-refractivity contribution < 1.29 is 19.4 Å². The first-order valence-electron chi connectivity index (χ1n) is 8.68. The number of ether oxygens (including phenoxy) is 2. The zero-order chi connectivity index (χ0) is 18.0. The SMILES string of the molecule is CC(C)(C)c1cn(C[C@H]2OC[C@H](O)[C@H]2NC(=O)N2CCOCC2)nn1. The van der Waals surface area contributed by atoms with E-state index in [-0.39, 0.29) is 24.2 Å². The number of hydrogen-bond acceptors (Lipinski definition) is 6. The van der Waals surface area contributed by atoms with Gasteiger partial charge in [-0.25, -0.2) is 9.48 Å². The van der Waals surface area contributed by atoms with Crippen LogP contribution in [-0.4, -0.2) is 82.2 Å². The first-order chi connectivity index (χ1) is 11.8. The van der Waals surface area contributed by atoms with Crippen LogP contribution >= 0.6 is 0 Å².